The van der Waals surface area contributed by atoms with Crippen molar-refractivity contribution < 1.29 is 4.74 Å². The van der Waals surface area contributed by atoms with Gasteiger partial charge in [0.2, 0.25) is 0 Å². The van der Waals surface area contributed by atoms with Crippen LogP contribution in [0.4, 0.5) is 0 Å². The third-order valence-electron chi connectivity index (χ3n) is 7.58. The number of hydrogen-bond acceptors (Lipinski definition) is 1. The van der Waals surface area contributed by atoms with Crippen molar-refractivity contribution in [3.63, 3.8) is 0 Å². The van der Waals surface area contributed by atoms with Crippen LogP contribution in [0.1, 0.15) is 108 Å². The summed E-state index contributed by atoms with van der Waals surface area (Å²) in [5.41, 5.74) is 4.43. The maximum absolute atomic E-state index is 5.19. The number of rotatable bonds is 4. The lowest BCUT2D eigenvalue weighted by atomic mass is 9.78. The van der Waals surface area contributed by atoms with Gasteiger partial charge in [0.05, 0.1) is 7.11 Å². The normalized spacial score (nSPS) is 25.5. The standard InChI is InChI=1S/C15H22O.C14H20.CH4/c1-3-12-4-6-13(7-5-12)14-8-10-15(16-2)11-9-14;1-11-3-7-13(8-4-11)14-9-5-12(2)6-10-14;/h8-13H,3-7H2,1-2H3;3-4,7-8,12,14H,5-6,9-10H2,1-2H3;1H4. The topological polar surface area (TPSA) is 9.23 Å². The zero-order valence-electron chi connectivity index (χ0n) is 19.7. The fourth-order valence-electron chi connectivity index (χ4n) is 5.21. The first kappa shape index (κ1) is 25.5. The Hall–Kier alpha value is -1.76. The van der Waals surface area contributed by atoms with Gasteiger partial charge in [0.25, 0.3) is 0 Å². The van der Waals surface area contributed by atoms with Crippen molar-refractivity contribution in [2.75, 3.05) is 7.11 Å². The van der Waals surface area contributed by atoms with E-state index in [-0.39, 0.29) is 7.43 Å². The highest BCUT2D eigenvalue weighted by atomic mass is 16.5. The van der Waals surface area contributed by atoms with Crippen LogP contribution < -0.4 is 4.74 Å². The highest BCUT2D eigenvalue weighted by molar-refractivity contribution is 5.29. The van der Waals surface area contributed by atoms with E-state index in [2.05, 4.69) is 69.3 Å². The molecule has 2 aromatic rings. The molecule has 0 aromatic heterocycles. The fraction of sp³-hybridized carbons (Fsp3) is 0.600. The van der Waals surface area contributed by atoms with E-state index >= 15 is 0 Å². The molecular formula is C30H46O. The average molecular weight is 423 g/mol. The van der Waals surface area contributed by atoms with E-state index < -0.39 is 0 Å². The van der Waals surface area contributed by atoms with Crippen molar-refractivity contribution in [2.24, 2.45) is 11.8 Å². The van der Waals surface area contributed by atoms with Crippen LogP contribution in [-0.2, 0) is 0 Å². The Kier molecular flexibility index (Phi) is 10.6. The van der Waals surface area contributed by atoms with Crippen molar-refractivity contribution in [1.82, 2.24) is 0 Å². The first-order chi connectivity index (χ1) is 14.6. The molecule has 0 radical (unpaired) electrons. The number of methoxy groups -OCH3 is 1. The predicted octanol–water partition coefficient (Wildman–Crippen LogP) is 9.30. The Morgan fingerprint density at radius 1 is 0.710 bits per heavy atom. The Balaban J connectivity index is 0.000000215. The zero-order valence-corrected chi connectivity index (χ0v) is 19.7. The van der Waals surface area contributed by atoms with Crippen LogP contribution in [0.2, 0.25) is 0 Å². The quantitative estimate of drug-likeness (QED) is 0.477. The number of benzene rings is 2. The van der Waals surface area contributed by atoms with Gasteiger partial charge in [-0.15, -0.1) is 0 Å². The first-order valence-corrected chi connectivity index (χ1v) is 12.3. The Bertz CT molecular complexity index is 714. The third kappa shape index (κ3) is 7.70. The van der Waals surface area contributed by atoms with Crippen molar-refractivity contribution >= 4 is 0 Å². The molecule has 31 heavy (non-hydrogen) atoms. The summed E-state index contributed by atoms with van der Waals surface area (Å²) in [4.78, 5) is 0. The SMILES string of the molecule is C.CCC1CCC(c2ccc(OC)cc2)CC1.Cc1ccc(C2CCC(C)CC2)cc1. The molecule has 0 saturated heterocycles. The summed E-state index contributed by atoms with van der Waals surface area (Å²) in [6.07, 6.45) is 12.5. The van der Waals surface area contributed by atoms with E-state index in [1.165, 1.54) is 68.9 Å². The predicted molar refractivity (Wildman–Crippen MR) is 136 cm³/mol. The van der Waals surface area contributed by atoms with E-state index in [0.717, 1.165) is 29.4 Å². The Labute approximate surface area is 192 Å². The van der Waals surface area contributed by atoms with Crippen LogP contribution in [0.25, 0.3) is 0 Å². The minimum absolute atomic E-state index is 0. The molecule has 0 amide bonds. The van der Waals surface area contributed by atoms with E-state index in [1.54, 1.807) is 12.7 Å². The molecule has 0 spiro atoms. The van der Waals surface area contributed by atoms with Gasteiger partial charge in [-0.25, -0.2) is 0 Å². The van der Waals surface area contributed by atoms with Gasteiger partial charge in [-0.1, -0.05) is 82.5 Å². The summed E-state index contributed by atoms with van der Waals surface area (Å²) in [6.45, 7) is 6.86. The van der Waals surface area contributed by atoms with Crippen molar-refractivity contribution in [3.8, 4) is 5.75 Å². The van der Waals surface area contributed by atoms with Crippen LogP contribution >= 0.6 is 0 Å². The molecule has 4 rings (SSSR count). The summed E-state index contributed by atoms with van der Waals surface area (Å²) < 4.78 is 5.19. The van der Waals surface area contributed by atoms with Gasteiger partial charge in [0.15, 0.2) is 0 Å². The van der Waals surface area contributed by atoms with Gasteiger partial charge in [0, 0.05) is 0 Å². The van der Waals surface area contributed by atoms with Crippen LogP contribution in [0.5, 0.6) is 5.75 Å². The largest absolute Gasteiger partial charge is 0.497 e. The molecule has 1 nitrogen and oxygen atoms in total. The maximum Gasteiger partial charge on any atom is 0.118 e. The maximum atomic E-state index is 5.19. The van der Waals surface area contributed by atoms with Gasteiger partial charge in [-0.3, -0.25) is 0 Å². The lowest BCUT2D eigenvalue weighted by Crippen LogP contribution is -2.12. The van der Waals surface area contributed by atoms with Gasteiger partial charge in [-0.05, 0) is 92.4 Å². The van der Waals surface area contributed by atoms with Crippen LogP contribution in [-0.4, -0.2) is 7.11 Å². The van der Waals surface area contributed by atoms with E-state index in [0.29, 0.717) is 0 Å². The molecule has 2 saturated carbocycles. The minimum Gasteiger partial charge on any atom is -0.497 e. The van der Waals surface area contributed by atoms with Gasteiger partial charge < -0.3 is 4.74 Å². The van der Waals surface area contributed by atoms with Crippen molar-refractivity contribution in [2.45, 2.75) is 97.8 Å². The van der Waals surface area contributed by atoms with E-state index in [4.69, 9.17) is 4.74 Å². The average Bonchev–Trinajstić information content (AvgIpc) is 2.81. The minimum atomic E-state index is 0. The molecule has 0 heterocycles. The lowest BCUT2D eigenvalue weighted by Gasteiger charge is -2.28. The molecule has 0 N–H and O–H groups in total. The highest BCUT2D eigenvalue weighted by Gasteiger charge is 2.21. The van der Waals surface area contributed by atoms with Gasteiger partial charge in [0.1, 0.15) is 5.75 Å². The summed E-state index contributed by atoms with van der Waals surface area (Å²) >= 11 is 0. The van der Waals surface area contributed by atoms with Crippen LogP contribution in [0.3, 0.4) is 0 Å². The third-order valence-corrected chi connectivity index (χ3v) is 7.58. The summed E-state index contributed by atoms with van der Waals surface area (Å²) in [5, 5.41) is 0. The molecule has 1 heteroatoms. The van der Waals surface area contributed by atoms with Gasteiger partial charge >= 0.3 is 0 Å². The van der Waals surface area contributed by atoms with E-state index in [1.807, 2.05) is 0 Å². The lowest BCUT2D eigenvalue weighted by molar-refractivity contribution is 0.318. The molecule has 0 bridgehead atoms. The molecule has 2 aromatic carbocycles. The molecule has 0 aliphatic heterocycles. The zero-order chi connectivity index (χ0) is 21.3. The second kappa shape index (κ2) is 12.9. The number of hydrogen-bond donors (Lipinski definition) is 0. The second-order valence-corrected chi connectivity index (χ2v) is 9.77. The summed E-state index contributed by atoms with van der Waals surface area (Å²) in [5.74, 6) is 4.53. The number of ether oxygens (including phenoxy) is 1. The van der Waals surface area contributed by atoms with E-state index in [9.17, 15) is 0 Å². The van der Waals surface area contributed by atoms with Crippen LogP contribution in [0, 0.1) is 18.8 Å². The molecule has 2 fully saturated rings. The first-order valence-electron chi connectivity index (χ1n) is 12.3. The van der Waals surface area contributed by atoms with Gasteiger partial charge in [-0.2, -0.15) is 0 Å². The molecule has 0 atom stereocenters. The highest BCUT2D eigenvalue weighted by Crippen LogP contribution is 2.37. The van der Waals surface area contributed by atoms with Crippen molar-refractivity contribution in [3.05, 3.63) is 65.2 Å². The summed E-state index contributed by atoms with van der Waals surface area (Å²) in [6, 6.07) is 17.8. The molecule has 2 aliphatic carbocycles. The molecular weight excluding hydrogens is 376 g/mol. The molecule has 172 valence electrons. The number of aryl methyl sites for hydroxylation is 1. The molecule has 0 unspecified atom stereocenters. The monoisotopic (exact) mass is 422 g/mol. The van der Waals surface area contributed by atoms with Crippen LogP contribution in [0.15, 0.2) is 48.5 Å². The Morgan fingerprint density at radius 3 is 1.61 bits per heavy atom. The second-order valence-electron chi connectivity index (χ2n) is 9.77. The smallest absolute Gasteiger partial charge is 0.118 e. The molecule has 2 aliphatic rings. The van der Waals surface area contributed by atoms with Crippen molar-refractivity contribution in [1.29, 1.82) is 0 Å². The summed E-state index contributed by atoms with van der Waals surface area (Å²) in [7, 11) is 1.72. The Morgan fingerprint density at radius 2 is 1.16 bits per heavy atom. The fourth-order valence-corrected chi connectivity index (χ4v) is 5.21.